The normalized spacial score (nSPS) is 11.9. The van der Waals surface area contributed by atoms with Crippen molar-refractivity contribution >= 4 is 11.9 Å². The van der Waals surface area contributed by atoms with Gasteiger partial charge in [-0.05, 0) is 0 Å². The molecule has 0 unspecified atom stereocenters. The fourth-order valence-corrected chi connectivity index (χ4v) is 1.15. The molecule has 0 aromatic heterocycles. The maximum atomic E-state index is 11.3. The summed E-state index contributed by atoms with van der Waals surface area (Å²) < 4.78 is 19.6. The summed E-state index contributed by atoms with van der Waals surface area (Å²) in [4.78, 5) is 22.5. The largest absolute Gasteiger partial charge is 0.466 e. The molecule has 1 N–H and O–H groups in total. The van der Waals surface area contributed by atoms with Crippen LogP contribution >= 0.6 is 0 Å². The first-order valence-corrected chi connectivity index (χ1v) is 6.07. The first-order chi connectivity index (χ1) is 9.13. The van der Waals surface area contributed by atoms with E-state index in [1.54, 1.807) is 0 Å². The SMILES string of the molecule is COC[C@H](COC(=O)CCC(=O)OCCCO)OC. The van der Waals surface area contributed by atoms with Crippen LogP contribution in [0.15, 0.2) is 0 Å². The lowest BCUT2D eigenvalue weighted by Crippen LogP contribution is -2.25. The van der Waals surface area contributed by atoms with Crippen molar-refractivity contribution < 1.29 is 33.6 Å². The van der Waals surface area contributed by atoms with Crippen molar-refractivity contribution in [3.05, 3.63) is 0 Å². The first kappa shape index (κ1) is 17.8. The van der Waals surface area contributed by atoms with Crippen molar-refractivity contribution in [1.82, 2.24) is 0 Å². The van der Waals surface area contributed by atoms with Crippen LogP contribution < -0.4 is 0 Å². The molecule has 0 saturated heterocycles. The molecule has 0 heterocycles. The molecule has 0 amide bonds. The Balaban J connectivity index is 3.65. The molecular weight excluding hydrogens is 256 g/mol. The molecule has 0 fully saturated rings. The lowest BCUT2D eigenvalue weighted by atomic mass is 10.3. The van der Waals surface area contributed by atoms with Gasteiger partial charge >= 0.3 is 11.9 Å². The number of hydrogen-bond donors (Lipinski definition) is 1. The molecule has 0 saturated carbocycles. The summed E-state index contributed by atoms with van der Waals surface area (Å²) in [6.45, 7) is 0.535. The van der Waals surface area contributed by atoms with E-state index in [1.165, 1.54) is 14.2 Å². The molecule has 0 rings (SSSR count). The maximum Gasteiger partial charge on any atom is 0.306 e. The monoisotopic (exact) mass is 278 g/mol. The van der Waals surface area contributed by atoms with Gasteiger partial charge in [-0.2, -0.15) is 0 Å². The lowest BCUT2D eigenvalue weighted by molar-refractivity contribution is -0.153. The number of ether oxygens (including phenoxy) is 4. The number of aliphatic hydroxyl groups excluding tert-OH is 1. The number of carbonyl (C=O) groups excluding carboxylic acids is 2. The molecule has 1 atom stereocenters. The summed E-state index contributed by atoms with van der Waals surface area (Å²) in [6, 6.07) is 0. The molecular formula is C12H22O7. The van der Waals surface area contributed by atoms with Crippen LogP contribution in [0.5, 0.6) is 0 Å². The first-order valence-electron chi connectivity index (χ1n) is 6.07. The van der Waals surface area contributed by atoms with Crippen LogP contribution in [-0.4, -0.2) is 63.8 Å². The Labute approximate surface area is 112 Å². The number of esters is 2. The van der Waals surface area contributed by atoms with Crippen molar-refractivity contribution in [2.75, 3.05) is 40.6 Å². The Morgan fingerprint density at radius 2 is 1.68 bits per heavy atom. The van der Waals surface area contributed by atoms with Crippen LogP contribution in [0.4, 0.5) is 0 Å². The smallest absolute Gasteiger partial charge is 0.306 e. The highest BCUT2D eigenvalue weighted by atomic mass is 16.6. The fraction of sp³-hybridized carbons (Fsp3) is 0.833. The van der Waals surface area contributed by atoms with E-state index in [2.05, 4.69) is 0 Å². The van der Waals surface area contributed by atoms with E-state index in [-0.39, 0.29) is 38.8 Å². The van der Waals surface area contributed by atoms with Gasteiger partial charge in [0.15, 0.2) is 0 Å². The van der Waals surface area contributed by atoms with Gasteiger partial charge in [0.05, 0.1) is 26.1 Å². The maximum absolute atomic E-state index is 11.3. The molecule has 0 aliphatic heterocycles. The number of rotatable bonds is 11. The minimum atomic E-state index is -0.489. The zero-order valence-electron chi connectivity index (χ0n) is 11.4. The predicted octanol–water partition coefficient (Wildman–Crippen LogP) is -0.103. The van der Waals surface area contributed by atoms with Crippen molar-refractivity contribution in [3.63, 3.8) is 0 Å². The van der Waals surface area contributed by atoms with Crippen molar-refractivity contribution in [2.45, 2.75) is 25.4 Å². The highest BCUT2D eigenvalue weighted by Gasteiger charge is 2.13. The van der Waals surface area contributed by atoms with Gasteiger partial charge in [0.1, 0.15) is 12.7 Å². The second-order valence-corrected chi connectivity index (χ2v) is 3.79. The number of methoxy groups -OCH3 is 2. The van der Waals surface area contributed by atoms with Crippen LogP contribution in [0.3, 0.4) is 0 Å². The van der Waals surface area contributed by atoms with E-state index < -0.39 is 11.9 Å². The zero-order valence-corrected chi connectivity index (χ0v) is 11.4. The average Bonchev–Trinajstić information content (AvgIpc) is 2.41. The molecule has 0 bridgehead atoms. The Morgan fingerprint density at radius 3 is 2.21 bits per heavy atom. The summed E-state index contributed by atoms with van der Waals surface area (Å²) in [7, 11) is 3.02. The highest BCUT2D eigenvalue weighted by Crippen LogP contribution is 1.99. The molecule has 0 spiro atoms. The molecule has 7 nitrogen and oxygen atoms in total. The number of hydrogen-bond acceptors (Lipinski definition) is 7. The number of aliphatic hydroxyl groups is 1. The minimum Gasteiger partial charge on any atom is -0.466 e. The molecule has 7 heteroatoms. The summed E-state index contributed by atoms with van der Waals surface area (Å²) in [6.07, 6.45) is 0.00137. The Morgan fingerprint density at radius 1 is 1.05 bits per heavy atom. The summed E-state index contributed by atoms with van der Waals surface area (Å²) in [5.41, 5.74) is 0. The lowest BCUT2D eigenvalue weighted by Gasteiger charge is -2.14. The van der Waals surface area contributed by atoms with Crippen molar-refractivity contribution in [1.29, 1.82) is 0 Å². The summed E-state index contributed by atoms with van der Waals surface area (Å²) >= 11 is 0. The van der Waals surface area contributed by atoms with Gasteiger partial charge in [0.25, 0.3) is 0 Å². The Kier molecular flexibility index (Phi) is 11.1. The van der Waals surface area contributed by atoms with Crippen LogP contribution in [0.25, 0.3) is 0 Å². The second kappa shape index (κ2) is 11.9. The van der Waals surface area contributed by atoms with Gasteiger partial charge in [0, 0.05) is 27.2 Å². The van der Waals surface area contributed by atoms with E-state index >= 15 is 0 Å². The van der Waals surface area contributed by atoms with Gasteiger partial charge in [-0.3, -0.25) is 9.59 Å². The van der Waals surface area contributed by atoms with E-state index in [1.807, 2.05) is 0 Å². The molecule has 112 valence electrons. The minimum absolute atomic E-state index is 0.0345. The molecule has 19 heavy (non-hydrogen) atoms. The van der Waals surface area contributed by atoms with E-state index in [4.69, 9.17) is 24.1 Å². The van der Waals surface area contributed by atoms with Crippen molar-refractivity contribution in [3.8, 4) is 0 Å². The van der Waals surface area contributed by atoms with Gasteiger partial charge in [0.2, 0.25) is 0 Å². The van der Waals surface area contributed by atoms with Gasteiger partial charge < -0.3 is 24.1 Å². The van der Waals surface area contributed by atoms with Gasteiger partial charge in [-0.15, -0.1) is 0 Å². The topological polar surface area (TPSA) is 91.3 Å². The van der Waals surface area contributed by atoms with Crippen LogP contribution in [0, 0.1) is 0 Å². The standard InChI is InChI=1S/C12H22O7/c1-16-8-10(17-2)9-19-12(15)5-4-11(14)18-7-3-6-13/h10,13H,3-9H2,1-2H3/t10-/m1/s1. The average molecular weight is 278 g/mol. The van der Waals surface area contributed by atoms with Crippen LogP contribution in [0.1, 0.15) is 19.3 Å². The quantitative estimate of drug-likeness (QED) is 0.416. The van der Waals surface area contributed by atoms with Crippen molar-refractivity contribution in [2.24, 2.45) is 0 Å². The third kappa shape index (κ3) is 10.4. The summed E-state index contributed by atoms with van der Waals surface area (Å²) in [5, 5.41) is 8.50. The van der Waals surface area contributed by atoms with E-state index in [0.29, 0.717) is 13.0 Å². The molecule has 0 radical (unpaired) electrons. The van der Waals surface area contributed by atoms with Crippen LogP contribution in [0.2, 0.25) is 0 Å². The number of carbonyl (C=O) groups is 2. The van der Waals surface area contributed by atoms with Gasteiger partial charge in [-0.25, -0.2) is 0 Å². The highest BCUT2D eigenvalue weighted by molar-refractivity contribution is 5.77. The molecule has 0 aromatic carbocycles. The molecule has 0 aliphatic carbocycles. The van der Waals surface area contributed by atoms with E-state index in [0.717, 1.165) is 0 Å². The fourth-order valence-electron chi connectivity index (χ4n) is 1.15. The third-order valence-corrected chi connectivity index (χ3v) is 2.21. The predicted molar refractivity (Wildman–Crippen MR) is 65.5 cm³/mol. The third-order valence-electron chi connectivity index (χ3n) is 2.21. The van der Waals surface area contributed by atoms with Crippen LogP contribution in [-0.2, 0) is 28.5 Å². The summed E-state index contributed by atoms with van der Waals surface area (Å²) in [5.74, 6) is -0.970. The zero-order chi connectivity index (χ0) is 14.5. The van der Waals surface area contributed by atoms with E-state index in [9.17, 15) is 9.59 Å². The Hall–Kier alpha value is -1.18. The molecule has 0 aromatic rings. The Bertz CT molecular complexity index is 254. The molecule has 0 aliphatic rings. The second-order valence-electron chi connectivity index (χ2n) is 3.79. The van der Waals surface area contributed by atoms with Gasteiger partial charge in [-0.1, -0.05) is 0 Å².